The molecule has 0 radical (unpaired) electrons. The molecule has 21 heavy (non-hydrogen) atoms. The van der Waals surface area contributed by atoms with Crippen molar-refractivity contribution >= 4 is 28.8 Å². The minimum Gasteiger partial charge on any atom is -0.389 e. The van der Waals surface area contributed by atoms with Gasteiger partial charge in [-0.25, -0.2) is 8.78 Å². The van der Waals surface area contributed by atoms with Crippen LogP contribution in [0.5, 0.6) is 0 Å². The van der Waals surface area contributed by atoms with Crippen LogP contribution in [0.15, 0.2) is 42.5 Å². The molecule has 0 unspecified atom stereocenters. The van der Waals surface area contributed by atoms with Crippen molar-refractivity contribution in [1.82, 2.24) is 0 Å². The largest absolute Gasteiger partial charge is 0.389 e. The van der Waals surface area contributed by atoms with E-state index in [-0.39, 0.29) is 17.3 Å². The van der Waals surface area contributed by atoms with Crippen molar-refractivity contribution in [1.29, 1.82) is 0 Å². The first kappa shape index (κ1) is 15.1. The van der Waals surface area contributed by atoms with Crippen molar-refractivity contribution in [2.24, 2.45) is 5.73 Å². The Morgan fingerprint density at radius 2 is 1.90 bits per heavy atom. The number of halogens is 2. The van der Waals surface area contributed by atoms with Crippen LogP contribution < -0.4 is 11.1 Å². The molecular weight excluding hydrogens is 294 g/mol. The second-order valence-corrected chi connectivity index (χ2v) is 4.86. The van der Waals surface area contributed by atoms with Crippen LogP contribution in [0.2, 0.25) is 0 Å². The standard InChI is InChI=1S/C15H12F2N2OS/c16-12-5-4-9(6-13(12)17)7-14(20)19-11-3-1-2-10(8-11)15(18)21/h1-6,8H,7H2,(H2,18,21)(H,19,20). The highest BCUT2D eigenvalue weighted by Crippen LogP contribution is 2.13. The van der Waals surface area contributed by atoms with Crippen LogP contribution >= 0.6 is 12.2 Å². The summed E-state index contributed by atoms with van der Waals surface area (Å²) < 4.78 is 25.9. The van der Waals surface area contributed by atoms with E-state index < -0.39 is 11.6 Å². The summed E-state index contributed by atoms with van der Waals surface area (Å²) in [6, 6.07) is 10.1. The quantitative estimate of drug-likeness (QED) is 0.854. The van der Waals surface area contributed by atoms with Crippen molar-refractivity contribution in [3.05, 3.63) is 65.2 Å². The van der Waals surface area contributed by atoms with Crippen LogP contribution in [0.4, 0.5) is 14.5 Å². The number of thiocarbonyl (C=S) groups is 1. The van der Waals surface area contributed by atoms with Crippen molar-refractivity contribution in [3.8, 4) is 0 Å². The van der Waals surface area contributed by atoms with Gasteiger partial charge in [0.05, 0.1) is 6.42 Å². The topological polar surface area (TPSA) is 55.1 Å². The maximum absolute atomic E-state index is 13.1. The van der Waals surface area contributed by atoms with Gasteiger partial charge in [-0.05, 0) is 29.8 Å². The van der Waals surface area contributed by atoms with Crippen LogP contribution in [0, 0.1) is 11.6 Å². The smallest absolute Gasteiger partial charge is 0.228 e. The summed E-state index contributed by atoms with van der Waals surface area (Å²) in [5.41, 5.74) is 7.07. The molecule has 0 saturated heterocycles. The number of nitrogens with two attached hydrogens (primary N) is 1. The summed E-state index contributed by atoms with van der Waals surface area (Å²) in [6.07, 6.45) is -0.0610. The van der Waals surface area contributed by atoms with Gasteiger partial charge >= 0.3 is 0 Å². The molecule has 1 amide bonds. The van der Waals surface area contributed by atoms with Crippen molar-refractivity contribution in [2.75, 3.05) is 5.32 Å². The molecule has 108 valence electrons. The molecule has 2 rings (SSSR count). The third-order valence-corrected chi connectivity index (χ3v) is 3.02. The summed E-state index contributed by atoms with van der Waals surface area (Å²) >= 11 is 4.85. The Kier molecular flexibility index (Phi) is 4.59. The summed E-state index contributed by atoms with van der Waals surface area (Å²) in [6.45, 7) is 0. The van der Waals surface area contributed by atoms with Crippen molar-refractivity contribution < 1.29 is 13.6 Å². The van der Waals surface area contributed by atoms with Crippen LogP contribution in [-0.4, -0.2) is 10.9 Å². The molecule has 0 bridgehead atoms. The van der Waals surface area contributed by atoms with Crippen LogP contribution in [-0.2, 0) is 11.2 Å². The molecule has 3 N–H and O–H groups in total. The lowest BCUT2D eigenvalue weighted by molar-refractivity contribution is -0.115. The zero-order valence-corrected chi connectivity index (χ0v) is 11.7. The molecule has 2 aromatic carbocycles. The van der Waals surface area contributed by atoms with E-state index in [1.807, 2.05) is 0 Å². The Bertz CT molecular complexity index is 704. The predicted octanol–water partition coefficient (Wildman–Crippen LogP) is 2.78. The number of anilines is 1. The lowest BCUT2D eigenvalue weighted by Crippen LogP contribution is -2.15. The zero-order valence-electron chi connectivity index (χ0n) is 10.9. The van der Waals surface area contributed by atoms with Crippen molar-refractivity contribution in [3.63, 3.8) is 0 Å². The Hall–Kier alpha value is -2.34. The molecule has 2 aromatic rings. The summed E-state index contributed by atoms with van der Waals surface area (Å²) in [7, 11) is 0. The molecule has 0 aliphatic heterocycles. The second-order valence-electron chi connectivity index (χ2n) is 4.42. The number of hydrogen-bond acceptors (Lipinski definition) is 2. The third kappa shape index (κ3) is 4.06. The van der Waals surface area contributed by atoms with Gasteiger partial charge in [0.15, 0.2) is 11.6 Å². The molecular formula is C15H12F2N2OS. The Balaban J connectivity index is 2.06. The van der Waals surface area contributed by atoms with Gasteiger partial charge in [-0.15, -0.1) is 0 Å². The predicted molar refractivity (Wildman–Crippen MR) is 81.0 cm³/mol. The molecule has 3 nitrogen and oxygen atoms in total. The van der Waals surface area contributed by atoms with E-state index in [0.29, 0.717) is 16.8 Å². The van der Waals surface area contributed by atoms with E-state index in [1.54, 1.807) is 24.3 Å². The number of rotatable bonds is 4. The van der Waals surface area contributed by atoms with Gasteiger partial charge < -0.3 is 11.1 Å². The third-order valence-electron chi connectivity index (χ3n) is 2.78. The van der Waals surface area contributed by atoms with E-state index >= 15 is 0 Å². The van der Waals surface area contributed by atoms with Gasteiger partial charge in [0.2, 0.25) is 5.91 Å². The summed E-state index contributed by atoms with van der Waals surface area (Å²) in [5, 5.41) is 2.65. The number of nitrogens with one attached hydrogen (secondary N) is 1. The van der Waals surface area contributed by atoms with Crippen LogP contribution in [0.25, 0.3) is 0 Å². The first-order chi connectivity index (χ1) is 9.95. The molecule has 0 fully saturated rings. The van der Waals surface area contributed by atoms with Crippen LogP contribution in [0.3, 0.4) is 0 Å². The highest BCUT2D eigenvalue weighted by atomic mass is 32.1. The maximum atomic E-state index is 13.1. The van der Waals surface area contributed by atoms with Gasteiger partial charge in [-0.1, -0.05) is 30.4 Å². The Morgan fingerprint density at radius 1 is 1.14 bits per heavy atom. The highest BCUT2D eigenvalue weighted by molar-refractivity contribution is 7.80. The number of hydrogen-bond donors (Lipinski definition) is 2. The fourth-order valence-electron chi connectivity index (χ4n) is 1.79. The zero-order chi connectivity index (χ0) is 15.4. The van der Waals surface area contributed by atoms with Gasteiger partial charge in [-0.3, -0.25) is 4.79 Å². The summed E-state index contributed by atoms with van der Waals surface area (Å²) in [5.74, 6) is -2.26. The van der Waals surface area contributed by atoms with E-state index in [1.165, 1.54) is 6.07 Å². The maximum Gasteiger partial charge on any atom is 0.228 e. The lowest BCUT2D eigenvalue weighted by atomic mass is 10.1. The lowest BCUT2D eigenvalue weighted by Gasteiger charge is -2.07. The van der Waals surface area contributed by atoms with Crippen LogP contribution in [0.1, 0.15) is 11.1 Å². The molecule has 0 aliphatic carbocycles. The first-order valence-electron chi connectivity index (χ1n) is 6.09. The molecule has 0 saturated carbocycles. The van der Waals surface area contributed by atoms with Gasteiger partial charge in [0, 0.05) is 11.3 Å². The SMILES string of the molecule is NC(=S)c1cccc(NC(=O)Cc2ccc(F)c(F)c2)c1. The van der Waals surface area contributed by atoms with Gasteiger partial charge in [-0.2, -0.15) is 0 Å². The van der Waals surface area contributed by atoms with Gasteiger partial charge in [0.1, 0.15) is 4.99 Å². The number of carbonyl (C=O) groups excluding carboxylic acids is 1. The molecule has 0 heterocycles. The van der Waals surface area contributed by atoms with Gasteiger partial charge in [0.25, 0.3) is 0 Å². The minimum atomic E-state index is -0.976. The molecule has 0 spiro atoms. The Morgan fingerprint density at radius 3 is 2.57 bits per heavy atom. The van der Waals surface area contributed by atoms with E-state index in [4.69, 9.17) is 18.0 Å². The molecule has 0 aromatic heterocycles. The van der Waals surface area contributed by atoms with E-state index in [9.17, 15) is 13.6 Å². The average molecular weight is 306 g/mol. The summed E-state index contributed by atoms with van der Waals surface area (Å²) in [4.78, 5) is 12.1. The fourth-order valence-corrected chi connectivity index (χ4v) is 1.92. The number of carbonyl (C=O) groups is 1. The second kappa shape index (κ2) is 6.41. The van der Waals surface area contributed by atoms with Crippen molar-refractivity contribution in [2.45, 2.75) is 6.42 Å². The average Bonchev–Trinajstić information content (AvgIpc) is 2.43. The monoisotopic (exact) mass is 306 g/mol. The Labute approximate surface area is 125 Å². The normalized spacial score (nSPS) is 10.2. The minimum absolute atomic E-state index is 0.0610. The fraction of sp³-hybridized carbons (Fsp3) is 0.0667. The molecule has 0 aliphatic rings. The van der Waals surface area contributed by atoms with E-state index in [0.717, 1.165) is 12.1 Å². The number of benzene rings is 2. The molecule has 6 heteroatoms. The van der Waals surface area contributed by atoms with E-state index in [2.05, 4.69) is 5.32 Å². The highest BCUT2D eigenvalue weighted by Gasteiger charge is 2.08. The molecule has 0 atom stereocenters. The first-order valence-corrected chi connectivity index (χ1v) is 6.50. The number of amides is 1.